The van der Waals surface area contributed by atoms with Crippen LogP contribution in [0.1, 0.15) is 54.3 Å². The van der Waals surface area contributed by atoms with Crippen LogP contribution in [0.15, 0.2) is 59.5 Å². The van der Waals surface area contributed by atoms with E-state index in [4.69, 9.17) is 9.47 Å². The summed E-state index contributed by atoms with van der Waals surface area (Å²) in [6.45, 7) is 8.46. The SMILES string of the molecule is CCOc1ccc(/C(O)=C2/C(=O)C(=O)N(c3ccc(OC)cc3)C2c2sccc2C)cc1C(C)C. The lowest BCUT2D eigenvalue weighted by Gasteiger charge is -2.25. The smallest absolute Gasteiger partial charge is 0.300 e. The van der Waals surface area contributed by atoms with Crippen molar-refractivity contribution in [1.29, 1.82) is 0 Å². The molecular weight excluding hydrogens is 462 g/mol. The normalized spacial score (nSPS) is 17.3. The number of amides is 1. The average Bonchev–Trinajstić information content (AvgIpc) is 3.39. The van der Waals surface area contributed by atoms with Gasteiger partial charge in [0, 0.05) is 16.1 Å². The lowest BCUT2D eigenvalue weighted by Crippen LogP contribution is -2.29. The Hall–Kier alpha value is -3.58. The van der Waals surface area contributed by atoms with Crippen LogP contribution in [-0.4, -0.2) is 30.5 Å². The Balaban J connectivity index is 1.91. The number of aliphatic hydroxyl groups is 1. The number of hydrogen-bond donors (Lipinski definition) is 1. The van der Waals surface area contributed by atoms with Crippen LogP contribution in [0.25, 0.3) is 5.76 Å². The van der Waals surface area contributed by atoms with E-state index in [2.05, 4.69) is 0 Å². The number of carbonyl (C=O) groups is 2. The lowest BCUT2D eigenvalue weighted by molar-refractivity contribution is -0.132. The summed E-state index contributed by atoms with van der Waals surface area (Å²) in [5.74, 6) is -0.0581. The summed E-state index contributed by atoms with van der Waals surface area (Å²) >= 11 is 1.45. The minimum atomic E-state index is -0.738. The van der Waals surface area contributed by atoms with E-state index in [0.29, 0.717) is 23.6 Å². The molecule has 182 valence electrons. The number of benzene rings is 2. The van der Waals surface area contributed by atoms with Gasteiger partial charge in [0.2, 0.25) is 0 Å². The highest BCUT2D eigenvalue weighted by atomic mass is 32.1. The molecule has 2 heterocycles. The van der Waals surface area contributed by atoms with Crippen molar-refractivity contribution in [3.63, 3.8) is 0 Å². The molecule has 1 amide bonds. The molecule has 1 atom stereocenters. The number of hydrogen-bond acceptors (Lipinski definition) is 6. The minimum absolute atomic E-state index is 0.0789. The van der Waals surface area contributed by atoms with Gasteiger partial charge in [-0.2, -0.15) is 0 Å². The molecule has 0 bridgehead atoms. The van der Waals surface area contributed by atoms with Crippen molar-refractivity contribution in [2.75, 3.05) is 18.6 Å². The molecule has 0 saturated carbocycles. The van der Waals surface area contributed by atoms with Gasteiger partial charge in [-0.25, -0.2) is 0 Å². The highest BCUT2D eigenvalue weighted by Crippen LogP contribution is 2.45. The van der Waals surface area contributed by atoms with Crippen LogP contribution in [-0.2, 0) is 9.59 Å². The number of Topliss-reactive ketones (excluding diaryl/α,β-unsaturated/α-hetero) is 1. The van der Waals surface area contributed by atoms with Crippen LogP contribution >= 0.6 is 11.3 Å². The summed E-state index contributed by atoms with van der Waals surface area (Å²) in [6, 6.07) is 13.6. The maximum absolute atomic E-state index is 13.4. The zero-order valence-corrected chi connectivity index (χ0v) is 21.3. The van der Waals surface area contributed by atoms with Gasteiger partial charge in [0.25, 0.3) is 11.7 Å². The maximum Gasteiger partial charge on any atom is 0.300 e. The Kier molecular flexibility index (Phi) is 6.98. The van der Waals surface area contributed by atoms with E-state index in [1.165, 1.54) is 16.2 Å². The highest BCUT2D eigenvalue weighted by Gasteiger charge is 2.48. The van der Waals surface area contributed by atoms with Crippen LogP contribution < -0.4 is 14.4 Å². The topological polar surface area (TPSA) is 76.1 Å². The molecule has 1 fully saturated rings. The van der Waals surface area contributed by atoms with E-state index in [1.54, 1.807) is 43.5 Å². The number of rotatable bonds is 7. The number of methoxy groups -OCH3 is 1. The Labute approximate surface area is 209 Å². The van der Waals surface area contributed by atoms with E-state index in [0.717, 1.165) is 21.8 Å². The number of nitrogens with zero attached hydrogens (tertiary/aromatic N) is 1. The fourth-order valence-electron chi connectivity index (χ4n) is 4.34. The highest BCUT2D eigenvalue weighted by molar-refractivity contribution is 7.10. The van der Waals surface area contributed by atoms with E-state index in [-0.39, 0.29) is 17.3 Å². The van der Waals surface area contributed by atoms with Gasteiger partial charge in [0.1, 0.15) is 23.3 Å². The second-order valence-electron chi connectivity index (χ2n) is 8.68. The molecule has 35 heavy (non-hydrogen) atoms. The first-order valence-electron chi connectivity index (χ1n) is 11.5. The molecule has 0 radical (unpaired) electrons. The van der Waals surface area contributed by atoms with Crippen molar-refractivity contribution in [3.8, 4) is 11.5 Å². The zero-order valence-electron chi connectivity index (χ0n) is 20.5. The fourth-order valence-corrected chi connectivity index (χ4v) is 5.37. The number of aliphatic hydroxyl groups excluding tert-OH is 1. The van der Waals surface area contributed by atoms with Crippen LogP contribution in [0.5, 0.6) is 11.5 Å². The van der Waals surface area contributed by atoms with Gasteiger partial charge in [0.15, 0.2) is 0 Å². The minimum Gasteiger partial charge on any atom is -0.507 e. The maximum atomic E-state index is 13.4. The molecule has 1 unspecified atom stereocenters. The van der Waals surface area contributed by atoms with Gasteiger partial charge in [0.05, 0.1) is 19.3 Å². The summed E-state index contributed by atoms with van der Waals surface area (Å²) in [5, 5.41) is 13.4. The standard InChI is InChI=1S/C28H29NO5S/c1-6-34-22-12-7-18(15-21(22)16(2)3)25(30)23-24(27-17(4)13-14-35-27)29(28(32)26(23)31)19-8-10-20(33-5)11-9-19/h7-16,24,30H,6H2,1-5H3/b25-23-. The van der Waals surface area contributed by atoms with Gasteiger partial charge in [-0.15, -0.1) is 11.3 Å². The van der Waals surface area contributed by atoms with Crippen LogP contribution in [0.4, 0.5) is 5.69 Å². The van der Waals surface area contributed by atoms with Gasteiger partial charge >= 0.3 is 0 Å². The number of aryl methyl sites for hydroxylation is 1. The Morgan fingerprint density at radius 3 is 2.40 bits per heavy atom. The van der Waals surface area contributed by atoms with Crippen molar-refractivity contribution >= 4 is 34.5 Å². The monoisotopic (exact) mass is 491 g/mol. The molecule has 1 aliphatic rings. The molecule has 6 nitrogen and oxygen atoms in total. The van der Waals surface area contributed by atoms with Crippen molar-refractivity contribution in [3.05, 3.63) is 81.1 Å². The van der Waals surface area contributed by atoms with Crippen molar-refractivity contribution in [2.45, 2.75) is 39.7 Å². The van der Waals surface area contributed by atoms with E-state index < -0.39 is 17.7 Å². The predicted octanol–water partition coefficient (Wildman–Crippen LogP) is 6.21. The van der Waals surface area contributed by atoms with Crippen molar-refractivity contribution in [2.24, 2.45) is 0 Å². The van der Waals surface area contributed by atoms with E-state index >= 15 is 0 Å². The molecule has 0 aliphatic carbocycles. The fraction of sp³-hybridized carbons (Fsp3) is 0.286. The quantitative estimate of drug-likeness (QED) is 0.241. The van der Waals surface area contributed by atoms with Gasteiger partial charge < -0.3 is 14.6 Å². The molecule has 3 aromatic rings. The Morgan fingerprint density at radius 1 is 1.11 bits per heavy atom. The summed E-state index contributed by atoms with van der Waals surface area (Å²) in [4.78, 5) is 29.0. The second-order valence-corrected chi connectivity index (χ2v) is 9.62. The first-order valence-corrected chi connectivity index (χ1v) is 12.4. The lowest BCUT2D eigenvalue weighted by atomic mass is 9.94. The molecule has 0 spiro atoms. The number of ketones is 1. The number of thiophene rings is 1. The van der Waals surface area contributed by atoms with Gasteiger partial charge in [-0.05, 0) is 84.8 Å². The third-order valence-corrected chi connectivity index (χ3v) is 7.22. The average molecular weight is 492 g/mol. The molecule has 1 aliphatic heterocycles. The third kappa shape index (κ3) is 4.44. The first-order chi connectivity index (χ1) is 16.8. The second kappa shape index (κ2) is 9.96. The molecule has 4 rings (SSSR count). The summed E-state index contributed by atoms with van der Waals surface area (Å²) in [5.41, 5.74) is 2.98. The third-order valence-electron chi connectivity index (χ3n) is 6.15. The molecular formula is C28H29NO5S. The van der Waals surface area contributed by atoms with Gasteiger partial charge in [-0.1, -0.05) is 13.8 Å². The molecule has 2 aromatic carbocycles. The van der Waals surface area contributed by atoms with E-state index in [9.17, 15) is 14.7 Å². The van der Waals surface area contributed by atoms with Crippen molar-refractivity contribution < 1.29 is 24.2 Å². The summed E-state index contributed by atoms with van der Waals surface area (Å²) in [7, 11) is 1.57. The largest absolute Gasteiger partial charge is 0.507 e. The Bertz CT molecular complexity index is 1290. The van der Waals surface area contributed by atoms with Crippen molar-refractivity contribution in [1.82, 2.24) is 0 Å². The van der Waals surface area contributed by atoms with Crippen LogP contribution in [0.3, 0.4) is 0 Å². The molecule has 1 aromatic heterocycles. The zero-order chi connectivity index (χ0) is 25.3. The van der Waals surface area contributed by atoms with E-state index in [1.807, 2.05) is 45.2 Å². The summed E-state index contributed by atoms with van der Waals surface area (Å²) in [6.07, 6.45) is 0. The number of ether oxygens (including phenoxy) is 2. The molecule has 1 N–H and O–H groups in total. The predicted molar refractivity (Wildman–Crippen MR) is 139 cm³/mol. The van der Waals surface area contributed by atoms with Crippen LogP contribution in [0.2, 0.25) is 0 Å². The number of carbonyl (C=O) groups excluding carboxylic acids is 2. The molecule has 1 saturated heterocycles. The first kappa shape index (κ1) is 24.5. The van der Waals surface area contributed by atoms with Gasteiger partial charge in [-0.3, -0.25) is 14.5 Å². The molecule has 7 heteroatoms. The van der Waals surface area contributed by atoms with Crippen LogP contribution in [0, 0.1) is 6.92 Å². The summed E-state index contributed by atoms with van der Waals surface area (Å²) < 4.78 is 11.0. The number of anilines is 1. The Morgan fingerprint density at radius 2 is 1.83 bits per heavy atom.